The van der Waals surface area contributed by atoms with Gasteiger partial charge in [-0.15, -0.1) is 0 Å². The van der Waals surface area contributed by atoms with Gasteiger partial charge in [-0.05, 0) is 86.5 Å². The van der Waals surface area contributed by atoms with Crippen LogP contribution in [0.2, 0.25) is 0 Å². The van der Waals surface area contributed by atoms with Crippen LogP contribution in [-0.4, -0.2) is 13.4 Å². The SMILES string of the molecule is CC1(C)c2ccccc2N(c2ccc(-c3ccc(B4c5ccccc5-c5ccccc54)cc3B3c4ccccc4-c4ccccc43)c(N3c4ccccc4C(C)(C)c4ccccc43)c2)c2ccccc21. The summed E-state index contributed by atoms with van der Waals surface area (Å²) in [6.45, 7) is 9.63. The first-order valence-corrected chi connectivity index (χ1v) is 24.9. The molecule has 0 atom stereocenters. The maximum Gasteiger partial charge on any atom is 0.243 e. The molecule has 2 nitrogen and oxygen atoms in total. The van der Waals surface area contributed by atoms with Crippen LogP contribution >= 0.6 is 0 Å². The number of rotatable bonds is 5. The van der Waals surface area contributed by atoms with Gasteiger partial charge in [0.1, 0.15) is 0 Å². The maximum absolute atomic E-state index is 2.58. The molecule has 0 saturated carbocycles. The molecule has 0 radical (unpaired) electrons. The third kappa shape index (κ3) is 5.77. The van der Waals surface area contributed by atoms with Gasteiger partial charge in [0.05, 0.1) is 28.4 Å². The normalized spacial score (nSPS) is 15.0. The second kappa shape index (κ2) is 15.2. The topological polar surface area (TPSA) is 6.48 Å². The van der Waals surface area contributed by atoms with Crippen LogP contribution in [0.3, 0.4) is 0 Å². The van der Waals surface area contributed by atoms with Crippen LogP contribution in [0.1, 0.15) is 49.9 Å². The molecule has 4 heterocycles. The molecule has 0 fully saturated rings. The van der Waals surface area contributed by atoms with Gasteiger partial charge in [0.25, 0.3) is 0 Å². The van der Waals surface area contributed by atoms with E-state index in [9.17, 15) is 0 Å². The van der Waals surface area contributed by atoms with Crippen molar-refractivity contribution in [3.8, 4) is 33.4 Å². The molecule has 0 saturated heterocycles. The second-order valence-corrected chi connectivity index (χ2v) is 20.8. The quantitative estimate of drug-likeness (QED) is 0.159. The van der Waals surface area contributed by atoms with E-state index in [4.69, 9.17) is 0 Å². The van der Waals surface area contributed by atoms with E-state index in [0.29, 0.717) is 0 Å². The summed E-state index contributed by atoms with van der Waals surface area (Å²) in [4.78, 5) is 5.09. The van der Waals surface area contributed by atoms with Gasteiger partial charge in [0.2, 0.25) is 13.4 Å². The minimum Gasteiger partial charge on any atom is -0.310 e. The highest BCUT2D eigenvalue weighted by Crippen LogP contribution is 2.56. The Bertz CT molecular complexity index is 3600. The molecule has 0 amide bonds. The lowest BCUT2D eigenvalue weighted by molar-refractivity contribution is 0.631. The van der Waals surface area contributed by atoms with Crippen LogP contribution in [0.15, 0.2) is 231 Å². The van der Waals surface area contributed by atoms with Gasteiger partial charge in [0.15, 0.2) is 0 Å². The first kappa shape index (κ1) is 40.9. The lowest BCUT2D eigenvalue weighted by Gasteiger charge is -2.44. The molecule has 10 aromatic rings. The summed E-state index contributed by atoms with van der Waals surface area (Å²) in [7, 11) is 0. The van der Waals surface area contributed by atoms with Gasteiger partial charge in [-0.25, -0.2) is 0 Å². The molecule has 14 rings (SSSR count). The molecule has 10 aromatic carbocycles. The van der Waals surface area contributed by atoms with Crippen molar-refractivity contribution < 1.29 is 0 Å². The fourth-order valence-corrected chi connectivity index (χ4v) is 13.2. The van der Waals surface area contributed by atoms with E-state index in [-0.39, 0.29) is 24.3 Å². The van der Waals surface area contributed by atoms with Crippen molar-refractivity contribution in [2.75, 3.05) is 9.80 Å². The van der Waals surface area contributed by atoms with Crippen molar-refractivity contribution in [1.82, 2.24) is 0 Å². The van der Waals surface area contributed by atoms with Crippen LogP contribution in [0.5, 0.6) is 0 Å². The lowest BCUT2D eigenvalue weighted by Crippen LogP contribution is -2.54. The zero-order valence-electron chi connectivity index (χ0n) is 40.0. The van der Waals surface area contributed by atoms with E-state index in [1.165, 1.54) is 111 Å². The zero-order valence-corrected chi connectivity index (χ0v) is 40.0. The van der Waals surface area contributed by atoms with E-state index >= 15 is 0 Å². The molecule has 330 valence electrons. The Morgan fingerprint density at radius 3 is 1.06 bits per heavy atom. The molecule has 0 spiro atoms. The summed E-state index contributed by atoms with van der Waals surface area (Å²) in [5, 5.41) is 0. The van der Waals surface area contributed by atoms with Gasteiger partial charge in [-0.2, -0.15) is 0 Å². The summed E-state index contributed by atoms with van der Waals surface area (Å²) in [6.07, 6.45) is 0. The van der Waals surface area contributed by atoms with E-state index in [2.05, 4.69) is 268 Å². The fourth-order valence-electron chi connectivity index (χ4n) is 13.2. The van der Waals surface area contributed by atoms with E-state index in [0.717, 1.165) is 11.4 Å². The molecule has 0 aliphatic carbocycles. The zero-order chi connectivity index (χ0) is 46.9. The summed E-state index contributed by atoms with van der Waals surface area (Å²) < 4.78 is 0. The molecule has 0 unspecified atom stereocenters. The number of para-hydroxylation sites is 4. The van der Waals surface area contributed by atoms with Crippen LogP contribution in [-0.2, 0) is 10.8 Å². The van der Waals surface area contributed by atoms with Gasteiger partial charge in [-0.3, -0.25) is 0 Å². The van der Waals surface area contributed by atoms with Crippen LogP contribution < -0.4 is 42.6 Å². The molecule has 4 heteroatoms. The molecular weight excluding hydrogens is 842 g/mol. The number of hydrogen-bond donors (Lipinski definition) is 0. The molecule has 0 bridgehead atoms. The first-order chi connectivity index (χ1) is 34.3. The number of hydrogen-bond acceptors (Lipinski definition) is 2. The third-order valence-corrected chi connectivity index (χ3v) is 16.4. The summed E-state index contributed by atoms with van der Waals surface area (Å²) in [6, 6.07) is 87.3. The molecule has 4 aliphatic heterocycles. The van der Waals surface area contributed by atoms with Crippen LogP contribution in [0, 0.1) is 0 Å². The van der Waals surface area contributed by atoms with Crippen molar-refractivity contribution in [3.05, 3.63) is 253 Å². The van der Waals surface area contributed by atoms with Crippen LogP contribution in [0.25, 0.3) is 33.4 Å². The molecule has 0 N–H and O–H groups in total. The molecule has 4 aliphatic rings. The van der Waals surface area contributed by atoms with Gasteiger partial charge >= 0.3 is 0 Å². The smallest absolute Gasteiger partial charge is 0.243 e. The first-order valence-electron chi connectivity index (χ1n) is 24.9. The van der Waals surface area contributed by atoms with Crippen LogP contribution in [0.4, 0.5) is 34.1 Å². The van der Waals surface area contributed by atoms with Crippen molar-refractivity contribution in [2.24, 2.45) is 0 Å². The highest BCUT2D eigenvalue weighted by atomic mass is 15.2. The molecular formula is C66H50B2N2. The third-order valence-electron chi connectivity index (χ3n) is 16.4. The minimum atomic E-state index is -0.213. The van der Waals surface area contributed by atoms with E-state index in [1.54, 1.807) is 0 Å². The highest BCUT2D eigenvalue weighted by molar-refractivity contribution is 7.02. The Labute approximate surface area is 412 Å². The Morgan fingerprint density at radius 2 is 0.614 bits per heavy atom. The van der Waals surface area contributed by atoms with Crippen molar-refractivity contribution >= 4 is 80.3 Å². The van der Waals surface area contributed by atoms with Gasteiger partial charge in [-0.1, -0.05) is 255 Å². The number of nitrogens with zero attached hydrogens (tertiary/aromatic N) is 2. The Balaban J connectivity index is 1.07. The average molecular weight is 893 g/mol. The minimum absolute atomic E-state index is 0.0182. The largest absolute Gasteiger partial charge is 0.310 e. The van der Waals surface area contributed by atoms with Crippen molar-refractivity contribution in [2.45, 2.75) is 38.5 Å². The molecule has 0 aromatic heterocycles. The van der Waals surface area contributed by atoms with Gasteiger partial charge < -0.3 is 9.80 Å². The van der Waals surface area contributed by atoms with Crippen molar-refractivity contribution in [1.29, 1.82) is 0 Å². The Morgan fingerprint density at radius 1 is 0.271 bits per heavy atom. The monoisotopic (exact) mass is 892 g/mol. The fraction of sp³-hybridized carbons (Fsp3) is 0.0909. The average Bonchev–Trinajstić information content (AvgIpc) is 3.92. The van der Waals surface area contributed by atoms with E-state index in [1.807, 2.05) is 0 Å². The number of anilines is 6. The van der Waals surface area contributed by atoms with E-state index < -0.39 is 0 Å². The Hall–Kier alpha value is -8.07. The Kier molecular flexibility index (Phi) is 8.90. The number of benzene rings is 10. The highest BCUT2D eigenvalue weighted by Gasteiger charge is 2.42. The predicted octanol–water partition coefficient (Wildman–Crippen LogP) is 12.6. The summed E-state index contributed by atoms with van der Waals surface area (Å²) in [5.74, 6) is 0. The standard InChI is InChI=1S/C66H50B2N2/c1-65(2)51-25-9-17-33-60(51)69(61-34-18-10-26-52(61)65)44-38-40-50(64(42-44)70-62-35-19-11-27-53(62)66(3,4)54-28-12-20-36-63(54)70)49-39-37-43(67-55-29-13-5-21-45(55)46-22-6-14-30-56(46)67)41-59(49)68-57-31-15-7-23-47(57)48-24-8-16-32-58(48)68/h5-42H,1-4H3. The summed E-state index contributed by atoms with van der Waals surface area (Å²) >= 11 is 0. The predicted molar refractivity (Wildman–Crippen MR) is 299 cm³/mol. The summed E-state index contributed by atoms with van der Waals surface area (Å²) in [5.41, 5.74) is 27.8. The lowest BCUT2D eigenvalue weighted by atomic mass is 9.35. The maximum atomic E-state index is 2.58. The number of fused-ring (bicyclic) bond motifs is 10. The second-order valence-electron chi connectivity index (χ2n) is 20.8. The molecule has 70 heavy (non-hydrogen) atoms. The van der Waals surface area contributed by atoms with Crippen molar-refractivity contribution in [3.63, 3.8) is 0 Å². The van der Waals surface area contributed by atoms with Gasteiger partial charge in [0, 0.05) is 22.1 Å².